The lowest BCUT2D eigenvalue weighted by atomic mass is 10.1. The minimum atomic E-state index is -0.524. The van der Waals surface area contributed by atoms with Crippen LogP contribution < -0.4 is 14.8 Å². The standard InChI is InChI=1S/C20H20N2O6S/c1-12-15(26-2)7-6-13(18(12)27-3)9-16-19(24)22(20(25)29-16)11-17(23)21-10-14-5-4-8-28-14/h4-9H,10-11H2,1-3H3,(H,21,23)/b16-9-. The SMILES string of the molecule is COc1ccc(/C=C2\SC(=O)N(CC(=O)NCc3ccco3)C2=O)c(OC)c1C. The summed E-state index contributed by atoms with van der Waals surface area (Å²) in [6.45, 7) is 1.66. The van der Waals surface area contributed by atoms with Crippen LogP contribution in [0.1, 0.15) is 16.9 Å². The van der Waals surface area contributed by atoms with Crippen LogP contribution in [-0.2, 0) is 16.1 Å². The number of carbonyl (C=O) groups is 3. The first kappa shape index (κ1) is 20.5. The van der Waals surface area contributed by atoms with Gasteiger partial charge in [0.1, 0.15) is 23.8 Å². The molecule has 152 valence electrons. The second-order valence-electron chi connectivity index (χ2n) is 6.14. The van der Waals surface area contributed by atoms with Gasteiger partial charge >= 0.3 is 0 Å². The summed E-state index contributed by atoms with van der Waals surface area (Å²) in [6, 6.07) is 6.93. The van der Waals surface area contributed by atoms with Crippen LogP contribution in [0.2, 0.25) is 0 Å². The second-order valence-corrected chi connectivity index (χ2v) is 7.13. The lowest BCUT2D eigenvalue weighted by molar-refractivity contribution is -0.129. The molecule has 1 saturated heterocycles. The molecular formula is C20H20N2O6S. The molecular weight excluding hydrogens is 396 g/mol. The lowest BCUT2D eigenvalue weighted by Gasteiger charge is -2.13. The van der Waals surface area contributed by atoms with E-state index in [1.165, 1.54) is 13.4 Å². The smallest absolute Gasteiger partial charge is 0.294 e. The van der Waals surface area contributed by atoms with Crippen molar-refractivity contribution in [1.29, 1.82) is 0 Å². The molecule has 2 aromatic rings. The first-order chi connectivity index (χ1) is 13.9. The Morgan fingerprint density at radius 3 is 2.69 bits per heavy atom. The average Bonchev–Trinajstić information content (AvgIpc) is 3.31. The topological polar surface area (TPSA) is 98.1 Å². The van der Waals surface area contributed by atoms with E-state index < -0.39 is 17.1 Å². The Bertz CT molecular complexity index is 968. The Morgan fingerprint density at radius 1 is 1.24 bits per heavy atom. The molecule has 0 bridgehead atoms. The van der Waals surface area contributed by atoms with Gasteiger partial charge in [0.15, 0.2) is 0 Å². The third kappa shape index (κ3) is 4.45. The number of imide groups is 1. The van der Waals surface area contributed by atoms with Crippen LogP contribution in [0.4, 0.5) is 4.79 Å². The van der Waals surface area contributed by atoms with Crippen molar-refractivity contribution in [1.82, 2.24) is 10.2 Å². The van der Waals surface area contributed by atoms with Gasteiger partial charge in [-0.25, -0.2) is 0 Å². The lowest BCUT2D eigenvalue weighted by Crippen LogP contribution is -2.39. The number of nitrogens with one attached hydrogen (secondary N) is 1. The molecule has 1 aliphatic heterocycles. The molecule has 1 fully saturated rings. The number of hydrogen-bond donors (Lipinski definition) is 1. The molecule has 1 aromatic heterocycles. The summed E-state index contributed by atoms with van der Waals surface area (Å²) < 4.78 is 15.8. The number of furan rings is 1. The van der Waals surface area contributed by atoms with Crippen molar-refractivity contribution in [2.75, 3.05) is 20.8 Å². The minimum absolute atomic E-state index is 0.181. The zero-order valence-corrected chi connectivity index (χ0v) is 17.0. The molecule has 0 aliphatic carbocycles. The highest BCUT2D eigenvalue weighted by Crippen LogP contribution is 2.37. The third-order valence-corrected chi connectivity index (χ3v) is 5.22. The van der Waals surface area contributed by atoms with Gasteiger partial charge in [0.25, 0.3) is 11.1 Å². The fourth-order valence-corrected chi connectivity index (χ4v) is 3.71. The third-order valence-electron chi connectivity index (χ3n) is 4.31. The Hall–Kier alpha value is -3.20. The molecule has 1 N–H and O–H groups in total. The number of hydrogen-bond acceptors (Lipinski definition) is 7. The number of ether oxygens (including phenoxy) is 2. The number of amides is 3. The molecule has 0 radical (unpaired) electrons. The van der Waals surface area contributed by atoms with Crippen molar-refractivity contribution in [3.63, 3.8) is 0 Å². The molecule has 0 spiro atoms. The van der Waals surface area contributed by atoms with Gasteiger partial charge in [0.2, 0.25) is 5.91 Å². The number of methoxy groups -OCH3 is 2. The van der Waals surface area contributed by atoms with Gasteiger partial charge in [0.05, 0.1) is 31.9 Å². The zero-order valence-electron chi connectivity index (χ0n) is 16.2. The van der Waals surface area contributed by atoms with E-state index in [2.05, 4.69) is 5.32 Å². The molecule has 0 unspecified atom stereocenters. The Morgan fingerprint density at radius 2 is 2.03 bits per heavy atom. The predicted molar refractivity (Wildman–Crippen MR) is 108 cm³/mol. The molecule has 29 heavy (non-hydrogen) atoms. The van der Waals surface area contributed by atoms with E-state index in [1.807, 2.05) is 6.92 Å². The van der Waals surface area contributed by atoms with Crippen LogP contribution in [0.5, 0.6) is 11.5 Å². The van der Waals surface area contributed by atoms with E-state index in [1.54, 1.807) is 37.5 Å². The molecule has 8 nitrogen and oxygen atoms in total. The number of nitrogens with zero attached hydrogens (tertiary/aromatic N) is 1. The van der Waals surface area contributed by atoms with E-state index in [-0.39, 0.29) is 18.0 Å². The monoisotopic (exact) mass is 416 g/mol. The summed E-state index contributed by atoms with van der Waals surface area (Å²) in [5.74, 6) is 0.800. The highest BCUT2D eigenvalue weighted by Gasteiger charge is 2.36. The van der Waals surface area contributed by atoms with Crippen LogP contribution >= 0.6 is 11.8 Å². The van der Waals surface area contributed by atoms with Gasteiger partial charge in [-0.1, -0.05) is 0 Å². The van der Waals surface area contributed by atoms with Crippen molar-refractivity contribution in [2.45, 2.75) is 13.5 Å². The van der Waals surface area contributed by atoms with Crippen molar-refractivity contribution in [2.24, 2.45) is 0 Å². The van der Waals surface area contributed by atoms with Crippen LogP contribution in [0.3, 0.4) is 0 Å². The molecule has 3 amide bonds. The molecule has 9 heteroatoms. The Balaban J connectivity index is 1.73. The number of carbonyl (C=O) groups excluding carboxylic acids is 3. The molecule has 1 aliphatic rings. The van der Waals surface area contributed by atoms with Gasteiger partial charge in [-0.15, -0.1) is 0 Å². The summed E-state index contributed by atoms with van der Waals surface area (Å²) in [6.07, 6.45) is 3.08. The van der Waals surface area contributed by atoms with Gasteiger partial charge in [0, 0.05) is 11.1 Å². The maximum absolute atomic E-state index is 12.6. The van der Waals surface area contributed by atoms with Crippen molar-refractivity contribution in [3.05, 3.63) is 52.3 Å². The largest absolute Gasteiger partial charge is 0.496 e. The highest BCUT2D eigenvalue weighted by molar-refractivity contribution is 8.18. The van der Waals surface area contributed by atoms with E-state index in [9.17, 15) is 14.4 Å². The van der Waals surface area contributed by atoms with Crippen LogP contribution in [-0.4, -0.2) is 42.7 Å². The summed E-state index contributed by atoms with van der Waals surface area (Å²) in [7, 11) is 3.08. The summed E-state index contributed by atoms with van der Waals surface area (Å²) in [5.41, 5.74) is 1.42. The fraction of sp³-hybridized carbons (Fsp3) is 0.250. The van der Waals surface area contributed by atoms with Gasteiger partial charge in [-0.05, 0) is 49.0 Å². The normalized spacial score (nSPS) is 15.1. The molecule has 0 saturated carbocycles. The van der Waals surface area contributed by atoms with Crippen molar-refractivity contribution < 1.29 is 28.3 Å². The van der Waals surface area contributed by atoms with E-state index in [0.29, 0.717) is 22.8 Å². The first-order valence-electron chi connectivity index (χ1n) is 8.70. The fourth-order valence-electron chi connectivity index (χ4n) is 2.88. The average molecular weight is 416 g/mol. The zero-order chi connectivity index (χ0) is 21.0. The highest BCUT2D eigenvalue weighted by atomic mass is 32.2. The molecule has 2 heterocycles. The van der Waals surface area contributed by atoms with Crippen molar-refractivity contribution >= 4 is 34.9 Å². The summed E-state index contributed by atoms with van der Waals surface area (Å²) >= 11 is 0.783. The maximum Gasteiger partial charge on any atom is 0.294 e. The van der Waals surface area contributed by atoms with E-state index in [0.717, 1.165) is 22.2 Å². The quantitative estimate of drug-likeness (QED) is 0.693. The van der Waals surface area contributed by atoms with Crippen LogP contribution in [0, 0.1) is 6.92 Å². The van der Waals surface area contributed by atoms with Gasteiger partial charge in [-0.2, -0.15) is 0 Å². The van der Waals surface area contributed by atoms with Crippen molar-refractivity contribution in [3.8, 4) is 11.5 Å². The molecule has 3 rings (SSSR count). The second kappa shape index (κ2) is 8.87. The van der Waals surface area contributed by atoms with Crippen LogP contribution in [0.15, 0.2) is 39.9 Å². The Labute approximate surface area is 171 Å². The number of rotatable bonds is 7. The van der Waals surface area contributed by atoms with Gasteiger partial charge < -0.3 is 19.2 Å². The summed E-state index contributed by atoms with van der Waals surface area (Å²) in [4.78, 5) is 38.1. The number of benzene rings is 1. The minimum Gasteiger partial charge on any atom is -0.496 e. The summed E-state index contributed by atoms with van der Waals surface area (Å²) in [5, 5.41) is 2.11. The van der Waals surface area contributed by atoms with Gasteiger partial charge in [-0.3, -0.25) is 19.3 Å². The number of thioether (sulfide) groups is 1. The Kier molecular flexibility index (Phi) is 6.28. The van der Waals surface area contributed by atoms with Crippen LogP contribution in [0.25, 0.3) is 6.08 Å². The maximum atomic E-state index is 12.6. The molecule has 1 aromatic carbocycles. The van der Waals surface area contributed by atoms with E-state index in [4.69, 9.17) is 13.9 Å². The molecule has 0 atom stereocenters. The predicted octanol–water partition coefficient (Wildman–Crippen LogP) is 2.96. The first-order valence-corrected chi connectivity index (χ1v) is 9.52. The van der Waals surface area contributed by atoms with E-state index >= 15 is 0 Å².